The van der Waals surface area contributed by atoms with Crippen LogP contribution in [-0.4, -0.2) is 34.4 Å². The number of hydrogen-bond donors (Lipinski definition) is 0. The van der Waals surface area contributed by atoms with E-state index in [0.717, 1.165) is 0 Å². The molecule has 0 saturated carbocycles. The van der Waals surface area contributed by atoms with Crippen molar-refractivity contribution in [2.24, 2.45) is 0 Å². The number of methoxy groups -OCH3 is 2. The van der Waals surface area contributed by atoms with Crippen molar-refractivity contribution in [3.8, 4) is 17.2 Å². The second-order valence-electron chi connectivity index (χ2n) is 3.31. The first kappa shape index (κ1) is 14.3. The van der Waals surface area contributed by atoms with Gasteiger partial charge in [0.25, 0.3) is 0 Å². The zero-order chi connectivity index (χ0) is 13.2. The van der Waals surface area contributed by atoms with E-state index in [9.17, 15) is 0 Å². The topological polar surface area (TPSA) is 46.2 Å². The van der Waals surface area contributed by atoms with Gasteiger partial charge < -0.3 is 23.7 Å². The highest BCUT2D eigenvalue weighted by Gasteiger charge is 2.07. The van der Waals surface area contributed by atoms with Crippen LogP contribution in [0.2, 0.25) is 0 Å². The lowest BCUT2D eigenvalue weighted by Gasteiger charge is -2.13. The minimum Gasteiger partial charge on any atom is -0.486 e. The maximum atomic E-state index is 5.46. The van der Waals surface area contributed by atoms with Gasteiger partial charge in [0.05, 0.1) is 0 Å². The van der Waals surface area contributed by atoms with Crippen LogP contribution in [0.4, 0.5) is 0 Å². The highest BCUT2D eigenvalue weighted by Crippen LogP contribution is 2.31. The monoisotopic (exact) mass is 254 g/mol. The molecule has 1 aromatic rings. The summed E-state index contributed by atoms with van der Waals surface area (Å²) in [4.78, 5) is 0. The molecule has 0 heterocycles. The molecule has 0 unspecified atom stereocenters. The van der Waals surface area contributed by atoms with Gasteiger partial charge in [-0.25, -0.2) is 0 Å². The second-order valence-corrected chi connectivity index (χ2v) is 3.31. The fraction of sp³-hybridized carbons (Fsp3) is 0.385. The van der Waals surface area contributed by atoms with Gasteiger partial charge in [-0.05, 0) is 12.1 Å². The number of ether oxygens (including phenoxy) is 5. The molecule has 0 aromatic heterocycles. The van der Waals surface area contributed by atoms with E-state index in [1.165, 1.54) is 0 Å². The van der Waals surface area contributed by atoms with Crippen molar-refractivity contribution >= 4 is 0 Å². The molecular weight excluding hydrogens is 236 g/mol. The molecule has 1 aromatic carbocycles. The highest BCUT2D eigenvalue weighted by molar-refractivity contribution is 5.45. The van der Waals surface area contributed by atoms with E-state index >= 15 is 0 Å². The minimum atomic E-state index is 0.137. The smallest absolute Gasteiger partial charge is 0.188 e. The van der Waals surface area contributed by atoms with Crippen LogP contribution in [0.15, 0.2) is 30.9 Å². The molecule has 0 fully saturated rings. The van der Waals surface area contributed by atoms with Gasteiger partial charge in [0, 0.05) is 20.3 Å². The van der Waals surface area contributed by atoms with E-state index < -0.39 is 0 Å². The van der Waals surface area contributed by atoms with Crippen LogP contribution in [0.1, 0.15) is 0 Å². The Balaban J connectivity index is 2.77. The van der Waals surface area contributed by atoms with Crippen molar-refractivity contribution < 1.29 is 23.7 Å². The molecule has 0 atom stereocenters. The zero-order valence-electron chi connectivity index (χ0n) is 10.7. The molecule has 0 saturated heterocycles. The molecule has 0 bridgehead atoms. The van der Waals surface area contributed by atoms with Crippen LogP contribution in [-0.2, 0) is 9.47 Å². The van der Waals surface area contributed by atoms with Crippen LogP contribution in [0, 0.1) is 0 Å². The Bertz CT molecular complexity index is 364. The summed E-state index contributed by atoms with van der Waals surface area (Å²) in [6.07, 6.45) is 1.66. The van der Waals surface area contributed by atoms with Crippen molar-refractivity contribution in [2.75, 3.05) is 34.4 Å². The molecule has 0 aliphatic heterocycles. The van der Waals surface area contributed by atoms with Gasteiger partial charge in [-0.2, -0.15) is 0 Å². The molecule has 0 amide bonds. The van der Waals surface area contributed by atoms with Gasteiger partial charge >= 0.3 is 0 Å². The standard InChI is InChI=1S/C13H18O5/c1-4-7-16-12-6-5-11(17-9-14-2)8-13(12)18-10-15-3/h4-6,8H,1,7,9-10H2,2-3H3. The molecule has 18 heavy (non-hydrogen) atoms. The fourth-order valence-corrected chi connectivity index (χ4v) is 1.21. The van der Waals surface area contributed by atoms with E-state index in [4.69, 9.17) is 23.7 Å². The minimum absolute atomic E-state index is 0.137. The van der Waals surface area contributed by atoms with Gasteiger partial charge in [0.1, 0.15) is 12.4 Å². The van der Waals surface area contributed by atoms with E-state index in [2.05, 4.69) is 6.58 Å². The number of benzene rings is 1. The summed E-state index contributed by atoms with van der Waals surface area (Å²) in [5, 5.41) is 0. The summed E-state index contributed by atoms with van der Waals surface area (Å²) in [5.74, 6) is 1.79. The normalized spacial score (nSPS) is 9.89. The average Bonchev–Trinajstić information content (AvgIpc) is 2.41. The third kappa shape index (κ3) is 4.65. The van der Waals surface area contributed by atoms with Crippen molar-refractivity contribution in [3.63, 3.8) is 0 Å². The average molecular weight is 254 g/mol. The van der Waals surface area contributed by atoms with Crippen LogP contribution in [0.3, 0.4) is 0 Å². The Labute approximate surface area is 107 Å². The predicted molar refractivity (Wildman–Crippen MR) is 67.1 cm³/mol. The van der Waals surface area contributed by atoms with Crippen LogP contribution >= 0.6 is 0 Å². The van der Waals surface area contributed by atoms with Crippen molar-refractivity contribution in [1.29, 1.82) is 0 Å². The molecule has 0 aliphatic carbocycles. The maximum Gasteiger partial charge on any atom is 0.188 e. The summed E-state index contributed by atoms with van der Waals surface area (Å²) < 4.78 is 25.9. The molecule has 0 radical (unpaired) electrons. The largest absolute Gasteiger partial charge is 0.486 e. The first-order valence-corrected chi connectivity index (χ1v) is 5.43. The molecule has 5 heteroatoms. The van der Waals surface area contributed by atoms with Gasteiger partial charge in [-0.15, -0.1) is 0 Å². The Kier molecular flexibility index (Phi) is 6.68. The summed E-state index contributed by atoms with van der Waals surface area (Å²) in [5.41, 5.74) is 0. The van der Waals surface area contributed by atoms with E-state index in [1.54, 1.807) is 38.5 Å². The number of hydrogen-bond acceptors (Lipinski definition) is 5. The summed E-state index contributed by atoms with van der Waals surface area (Å²) in [7, 11) is 3.11. The summed E-state index contributed by atoms with van der Waals surface area (Å²) >= 11 is 0. The van der Waals surface area contributed by atoms with Gasteiger partial charge in [0.15, 0.2) is 25.1 Å². The maximum absolute atomic E-state index is 5.46. The lowest BCUT2D eigenvalue weighted by atomic mass is 10.3. The molecular formula is C13H18O5. The van der Waals surface area contributed by atoms with E-state index in [-0.39, 0.29) is 13.6 Å². The highest BCUT2D eigenvalue weighted by atomic mass is 16.7. The second kappa shape index (κ2) is 8.38. The van der Waals surface area contributed by atoms with Crippen molar-refractivity contribution in [1.82, 2.24) is 0 Å². The van der Waals surface area contributed by atoms with Crippen LogP contribution in [0.25, 0.3) is 0 Å². The Morgan fingerprint density at radius 1 is 1.00 bits per heavy atom. The zero-order valence-corrected chi connectivity index (χ0v) is 10.7. The third-order valence-electron chi connectivity index (χ3n) is 1.95. The molecule has 100 valence electrons. The van der Waals surface area contributed by atoms with E-state index in [1.807, 2.05) is 0 Å². The number of rotatable bonds is 9. The van der Waals surface area contributed by atoms with Gasteiger partial charge in [0.2, 0.25) is 0 Å². The summed E-state index contributed by atoms with van der Waals surface area (Å²) in [6, 6.07) is 5.26. The molecule has 1 rings (SSSR count). The Hall–Kier alpha value is -1.72. The first-order valence-electron chi connectivity index (χ1n) is 5.43. The molecule has 5 nitrogen and oxygen atoms in total. The third-order valence-corrected chi connectivity index (χ3v) is 1.95. The van der Waals surface area contributed by atoms with E-state index in [0.29, 0.717) is 23.9 Å². The fourth-order valence-electron chi connectivity index (χ4n) is 1.21. The van der Waals surface area contributed by atoms with Crippen LogP contribution < -0.4 is 14.2 Å². The van der Waals surface area contributed by atoms with Crippen molar-refractivity contribution in [2.45, 2.75) is 0 Å². The Morgan fingerprint density at radius 2 is 1.72 bits per heavy atom. The SMILES string of the molecule is C=CCOc1ccc(OCOC)cc1OCOC. The van der Waals surface area contributed by atoms with Crippen LogP contribution in [0.5, 0.6) is 17.2 Å². The molecule has 0 spiro atoms. The molecule has 0 N–H and O–H groups in total. The Morgan fingerprint density at radius 3 is 2.39 bits per heavy atom. The van der Waals surface area contributed by atoms with Gasteiger partial charge in [-0.1, -0.05) is 12.7 Å². The van der Waals surface area contributed by atoms with Gasteiger partial charge in [-0.3, -0.25) is 0 Å². The quantitative estimate of drug-likeness (QED) is 0.499. The lowest BCUT2D eigenvalue weighted by Crippen LogP contribution is -2.04. The lowest BCUT2D eigenvalue weighted by molar-refractivity contribution is 0.0445. The molecule has 0 aliphatic rings. The first-order chi connectivity index (χ1) is 8.81. The summed E-state index contributed by atoms with van der Waals surface area (Å²) in [6.45, 7) is 4.31. The predicted octanol–water partition coefficient (Wildman–Crippen LogP) is 2.22. The van der Waals surface area contributed by atoms with Crippen molar-refractivity contribution in [3.05, 3.63) is 30.9 Å².